The van der Waals surface area contributed by atoms with E-state index in [-0.39, 0.29) is 5.94 Å². The van der Waals surface area contributed by atoms with Crippen molar-refractivity contribution in [3.8, 4) is 0 Å². The number of hydrogen-bond donors (Lipinski definition) is 1. The summed E-state index contributed by atoms with van der Waals surface area (Å²) in [5, 5.41) is 8.68. The van der Waals surface area contributed by atoms with Gasteiger partial charge in [0.2, 0.25) is 0 Å². The number of hydrogen-bond acceptors (Lipinski definition) is 3. The highest BCUT2D eigenvalue weighted by Gasteiger charge is 1.86. The van der Waals surface area contributed by atoms with Gasteiger partial charge in [-0.15, -0.1) is 11.8 Å². The minimum Gasteiger partial charge on any atom is -0.386 e. The van der Waals surface area contributed by atoms with Gasteiger partial charge >= 0.3 is 0 Å². The summed E-state index contributed by atoms with van der Waals surface area (Å²) in [4.78, 5) is 0. The quantitative estimate of drug-likeness (QED) is 0.561. The smallest absolute Gasteiger partial charge is 0.0895 e. The molecule has 0 aliphatic carbocycles. The molecule has 0 saturated heterocycles. The summed E-state index contributed by atoms with van der Waals surface area (Å²) in [5.74, 6) is 0.0690. The molecule has 0 bridgehead atoms. The highest BCUT2D eigenvalue weighted by molar-refractivity contribution is 8.09. The molecule has 7 heavy (non-hydrogen) atoms. The summed E-state index contributed by atoms with van der Waals surface area (Å²) in [6.07, 6.45) is 1.61. The molecule has 0 heterocycles. The van der Waals surface area contributed by atoms with E-state index in [9.17, 15) is 4.21 Å². The third-order valence-corrected chi connectivity index (χ3v) is 2.52. The molecule has 2 nitrogen and oxygen atoms in total. The Morgan fingerprint density at radius 3 is 2.57 bits per heavy atom. The lowest BCUT2D eigenvalue weighted by Crippen LogP contribution is -1.88. The van der Waals surface area contributed by atoms with Gasteiger partial charge in [-0.3, -0.25) is 4.21 Å². The van der Waals surface area contributed by atoms with Crippen molar-refractivity contribution < 1.29 is 9.32 Å². The molecular formula is C3H8O2S2. The van der Waals surface area contributed by atoms with Crippen LogP contribution in [0.4, 0.5) is 0 Å². The average Bonchev–Trinajstić information content (AvgIpc) is 1.61. The normalized spacial score (nSPS) is 14.0. The Morgan fingerprint density at radius 1 is 1.86 bits per heavy atom. The molecule has 1 unspecified atom stereocenters. The van der Waals surface area contributed by atoms with Gasteiger partial charge < -0.3 is 5.11 Å². The van der Waals surface area contributed by atoms with E-state index < -0.39 is 10.8 Å². The Labute approximate surface area is 49.8 Å². The summed E-state index contributed by atoms with van der Waals surface area (Å²) in [6.45, 7) is 0. The van der Waals surface area contributed by atoms with E-state index in [2.05, 4.69) is 0 Å². The SMILES string of the molecule is CS(=O)CSCO. The number of aliphatic hydroxyl groups excluding tert-OH is 1. The van der Waals surface area contributed by atoms with E-state index in [4.69, 9.17) is 5.11 Å². The largest absolute Gasteiger partial charge is 0.386 e. The average molecular weight is 140 g/mol. The standard InChI is InChI=1S/C3H8O2S2/c1-7(5)3-6-2-4/h4H,2-3H2,1H3. The van der Waals surface area contributed by atoms with Crippen molar-refractivity contribution in [2.24, 2.45) is 0 Å². The zero-order valence-electron chi connectivity index (χ0n) is 4.09. The van der Waals surface area contributed by atoms with Gasteiger partial charge in [0.15, 0.2) is 0 Å². The second kappa shape index (κ2) is 4.61. The van der Waals surface area contributed by atoms with Gasteiger partial charge in [0, 0.05) is 17.1 Å². The van der Waals surface area contributed by atoms with Crippen LogP contribution in [0.15, 0.2) is 0 Å². The Balaban J connectivity index is 2.82. The molecule has 0 rings (SSSR count). The van der Waals surface area contributed by atoms with Gasteiger partial charge in [-0.2, -0.15) is 0 Å². The van der Waals surface area contributed by atoms with Gasteiger partial charge in [-0.25, -0.2) is 0 Å². The van der Waals surface area contributed by atoms with Crippen molar-refractivity contribution in [3.05, 3.63) is 0 Å². The lowest BCUT2D eigenvalue weighted by molar-refractivity contribution is 0.375. The molecule has 0 amide bonds. The summed E-state index contributed by atoms with van der Waals surface area (Å²) in [6, 6.07) is 0. The Kier molecular flexibility index (Phi) is 4.92. The third kappa shape index (κ3) is 6.46. The van der Waals surface area contributed by atoms with Crippen LogP contribution in [0.5, 0.6) is 0 Å². The van der Waals surface area contributed by atoms with E-state index >= 15 is 0 Å². The van der Waals surface area contributed by atoms with Crippen LogP contribution in [0, 0.1) is 0 Å². The van der Waals surface area contributed by atoms with Gasteiger partial charge in [0.25, 0.3) is 0 Å². The maximum absolute atomic E-state index is 10.2. The molecule has 4 heteroatoms. The molecule has 1 atom stereocenters. The van der Waals surface area contributed by atoms with Crippen molar-refractivity contribution in [3.63, 3.8) is 0 Å². The monoisotopic (exact) mass is 140 g/mol. The van der Waals surface area contributed by atoms with E-state index in [1.807, 2.05) is 0 Å². The first-order chi connectivity index (χ1) is 3.27. The molecule has 0 aliphatic heterocycles. The fraction of sp³-hybridized carbons (Fsp3) is 1.00. The van der Waals surface area contributed by atoms with Crippen LogP contribution in [-0.4, -0.2) is 26.6 Å². The molecule has 0 aliphatic rings. The second-order valence-corrected chi connectivity index (χ2v) is 3.78. The van der Waals surface area contributed by atoms with Gasteiger partial charge in [-0.05, 0) is 0 Å². The summed E-state index contributed by atoms with van der Waals surface area (Å²) < 4.78 is 10.2. The zero-order valence-corrected chi connectivity index (χ0v) is 5.72. The number of rotatable bonds is 3. The van der Waals surface area contributed by atoms with Gasteiger partial charge in [0.05, 0.1) is 11.0 Å². The van der Waals surface area contributed by atoms with Crippen LogP contribution in [0.25, 0.3) is 0 Å². The van der Waals surface area contributed by atoms with Gasteiger partial charge in [-0.1, -0.05) is 0 Å². The Bertz CT molecular complexity index is 64.0. The molecule has 0 aromatic heterocycles. The predicted molar refractivity (Wildman–Crippen MR) is 33.6 cm³/mol. The minimum absolute atomic E-state index is 0.0690. The Hall–Kier alpha value is 0.460. The van der Waals surface area contributed by atoms with E-state index in [1.54, 1.807) is 6.26 Å². The van der Waals surface area contributed by atoms with Crippen molar-refractivity contribution in [2.45, 2.75) is 0 Å². The molecule has 0 spiro atoms. The van der Waals surface area contributed by atoms with Gasteiger partial charge in [0.1, 0.15) is 0 Å². The molecule has 0 fully saturated rings. The molecule has 1 N–H and O–H groups in total. The number of thioether (sulfide) groups is 1. The first-order valence-corrected chi connectivity index (χ1v) is 4.64. The van der Waals surface area contributed by atoms with Crippen LogP contribution in [0.3, 0.4) is 0 Å². The predicted octanol–water partition coefficient (Wildman–Crippen LogP) is 0.00540. The van der Waals surface area contributed by atoms with Crippen molar-refractivity contribution in [1.82, 2.24) is 0 Å². The van der Waals surface area contributed by atoms with Crippen LogP contribution in [0.1, 0.15) is 0 Å². The highest BCUT2D eigenvalue weighted by Crippen LogP contribution is 1.96. The summed E-state index contributed by atoms with van der Waals surface area (Å²) >= 11 is 1.27. The molecular weight excluding hydrogens is 132 g/mol. The van der Waals surface area contributed by atoms with Crippen LogP contribution < -0.4 is 0 Å². The molecule has 0 radical (unpaired) electrons. The maximum atomic E-state index is 10.2. The molecule has 44 valence electrons. The van der Waals surface area contributed by atoms with Crippen molar-refractivity contribution in [2.75, 3.05) is 17.3 Å². The topological polar surface area (TPSA) is 37.3 Å². The van der Waals surface area contributed by atoms with E-state index in [0.717, 1.165) is 0 Å². The zero-order chi connectivity index (χ0) is 5.70. The summed E-state index contributed by atoms with van der Waals surface area (Å²) in [7, 11) is -0.762. The summed E-state index contributed by atoms with van der Waals surface area (Å²) in [5.41, 5.74) is 0. The van der Waals surface area contributed by atoms with Crippen LogP contribution in [0.2, 0.25) is 0 Å². The van der Waals surface area contributed by atoms with E-state index in [0.29, 0.717) is 5.08 Å². The van der Waals surface area contributed by atoms with Crippen molar-refractivity contribution in [1.29, 1.82) is 0 Å². The van der Waals surface area contributed by atoms with E-state index in [1.165, 1.54) is 11.8 Å². The lowest BCUT2D eigenvalue weighted by atomic mass is 11.7. The third-order valence-electron chi connectivity index (χ3n) is 0.341. The highest BCUT2D eigenvalue weighted by atomic mass is 32.2. The van der Waals surface area contributed by atoms with Crippen LogP contribution in [-0.2, 0) is 10.8 Å². The minimum atomic E-state index is -0.762. The maximum Gasteiger partial charge on any atom is 0.0895 e. The molecule has 0 aromatic rings. The molecule has 0 aromatic carbocycles. The van der Waals surface area contributed by atoms with Crippen LogP contribution >= 0.6 is 11.8 Å². The Morgan fingerprint density at radius 2 is 2.43 bits per heavy atom. The first kappa shape index (κ1) is 7.46. The fourth-order valence-corrected chi connectivity index (χ4v) is 1.39. The lowest BCUT2D eigenvalue weighted by Gasteiger charge is -1.88. The number of aliphatic hydroxyl groups is 1. The fourth-order valence-electron chi connectivity index (χ4n) is 0.155. The van der Waals surface area contributed by atoms with Crippen molar-refractivity contribution >= 4 is 22.6 Å². The molecule has 0 saturated carbocycles. The second-order valence-electron chi connectivity index (χ2n) is 1.02. The first-order valence-electron chi connectivity index (χ1n) is 1.76.